The van der Waals surface area contributed by atoms with Crippen LogP contribution < -0.4 is 5.32 Å². The van der Waals surface area contributed by atoms with Gasteiger partial charge in [0.05, 0.1) is 19.3 Å². The van der Waals surface area contributed by atoms with Gasteiger partial charge in [0.25, 0.3) is 0 Å². The Hall–Kier alpha value is -2.58. The Morgan fingerprint density at radius 2 is 1.86 bits per heavy atom. The predicted octanol–water partition coefficient (Wildman–Crippen LogP) is 3.40. The standard InChI is InChI=1S/C21H27N5O2S/c1-14(2)20(21(27)22-11-16-7-8-17(28-16)12-25(3)4)26-13-19(23-24-26)15-5-9-18(29)10-6-15/h5-10,13-14,20,29H,11-12H2,1-4H3,(H,22,27)/t20-/m0/s1. The second-order valence-corrected chi connectivity index (χ2v) is 8.16. The van der Waals surface area contributed by atoms with Gasteiger partial charge in [-0.05, 0) is 44.3 Å². The zero-order valence-corrected chi connectivity index (χ0v) is 18.1. The van der Waals surface area contributed by atoms with E-state index in [1.807, 2.05) is 69.2 Å². The summed E-state index contributed by atoms with van der Waals surface area (Å²) in [6.07, 6.45) is 1.81. The van der Waals surface area contributed by atoms with Gasteiger partial charge in [-0.15, -0.1) is 17.7 Å². The van der Waals surface area contributed by atoms with Crippen molar-refractivity contribution in [1.82, 2.24) is 25.2 Å². The lowest BCUT2D eigenvalue weighted by Crippen LogP contribution is -2.35. The summed E-state index contributed by atoms with van der Waals surface area (Å²) in [4.78, 5) is 15.8. The van der Waals surface area contributed by atoms with E-state index in [0.717, 1.165) is 34.2 Å². The van der Waals surface area contributed by atoms with Crippen LogP contribution in [0.5, 0.6) is 0 Å². The lowest BCUT2D eigenvalue weighted by Gasteiger charge is -2.19. The van der Waals surface area contributed by atoms with E-state index in [0.29, 0.717) is 6.54 Å². The van der Waals surface area contributed by atoms with Gasteiger partial charge in [0.2, 0.25) is 5.91 Å². The average Bonchev–Trinajstić information content (AvgIpc) is 3.30. The molecule has 1 amide bonds. The molecule has 8 heteroatoms. The largest absolute Gasteiger partial charge is 0.463 e. The van der Waals surface area contributed by atoms with Gasteiger partial charge in [-0.1, -0.05) is 31.2 Å². The molecule has 3 aromatic rings. The summed E-state index contributed by atoms with van der Waals surface area (Å²) in [7, 11) is 3.97. The first-order valence-corrected chi connectivity index (χ1v) is 9.99. The molecular formula is C21H27N5O2S. The van der Waals surface area contributed by atoms with Crippen molar-refractivity contribution in [3.05, 3.63) is 54.1 Å². The van der Waals surface area contributed by atoms with Gasteiger partial charge < -0.3 is 14.6 Å². The molecule has 0 saturated carbocycles. The molecule has 154 valence electrons. The zero-order chi connectivity index (χ0) is 21.0. The minimum Gasteiger partial charge on any atom is -0.463 e. The predicted molar refractivity (Wildman–Crippen MR) is 115 cm³/mol. The molecule has 0 bridgehead atoms. The molecule has 29 heavy (non-hydrogen) atoms. The number of carbonyl (C=O) groups is 1. The highest BCUT2D eigenvalue weighted by Crippen LogP contribution is 2.22. The third kappa shape index (κ3) is 5.48. The van der Waals surface area contributed by atoms with Crippen LogP contribution in [0.4, 0.5) is 0 Å². The number of hydrogen-bond acceptors (Lipinski definition) is 6. The number of amides is 1. The second kappa shape index (κ2) is 9.28. The maximum Gasteiger partial charge on any atom is 0.245 e. The van der Waals surface area contributed by atoms with Gasteiger partial charge >= 0.3 is 0 Å². The van der Waals surface area contributed by atoms with Crippen LogP contribution >= 0.6 is 12.6 Å². The average molecular weight is 414 g/mol. The van der Waals surface area contributed by atoms with Crippen LogP contribution in [0.2, 0.25) is 0 Å². The number of nitrogens with one attached hydrogen (secondary N) is 1. The van der Waals surface area contributed by atoms with Crippen molar-refractivity contribution in [2.75, 3.05) is 14.1 Å². The highest BCUT2D eigenvalue weighted by Gasteiger charge is 2.26. The number of furan rings is 1. The maximum absolute atomic E-state index is 12.9. The van der Waals surface area contributed by atoms with E-state index in [2.05, 4.69) is 28.3 Å². The van der Waals surface area contributed by atoms with E-state index < -0.39 is 6.04 Å². The lowest BCUT2D eigenvalue weighted by atomic mass is 10.0. The molecule has 1 N–H and O–H groups in total. The van der Waals surface area contributed by atoms with E-state index in [-0.39, 0.29) is 11.8 Å². The molecule has 0 unspecified atom stereocenters. The minimum atomic E-state index is -0.461. The number of thiol groups is 1. The quantitative estimate of drug-likeness (QED) is 0.554. The Morgan fingerprint density at radius 1 is 1.17 bits per heavy atom. The fraction of sp³-hybridized carbons (Fsp3) is 0.381. The molecular weight excluding hydrogens is 386 g/mol. The van der Waals surface area contributed by atoms with Gasteiger partial charge in [-0.2, -0.15) is 0 Å². The normalized spacial score (nSPS) is 12.5. The molecule has 2 heterocycles. The van der Waals surface area contributed by atoms with Gasteiger partial charge in [0.1, 0.15) is 23.3 Å². The van der Waals surface area contributed by atoms with E-state index >= 15 is 0 Å². The van der Waals surface area contributed by atoms with Crippen LogP contribution in [-0.2, 0) is 17.9 Å². The summed E-state index contributed by atoms with van der Waals surface area (Å²) < 4.78 is 7.39. The van der Waals surface area contributed by atoms with Crippen molar-refractivity contribution in [3.8, 4) is 11.3 Å². The van der Waals surface area contributed by atoms with Crippen LogP contribution in [-0.4, -0.2) is 39.9 Å². The molecule has 1 atom stereocenters. The monoisotopic (exact) mass is 413 g/mol. The van der Waals surface area contributed by atoms with Crippen LogP contribution in [0.3, 0.4) is 0 Å². The van der Waals surface area contributed by atoms with Crippen molar-refractivity contribution < 1.29 is 9.21 Å². The Kier molecular flexibility index (Phi) is 6.76. The Balaban J connectivity index is 1.68. The SMILES string of the molecule is CC(C)[C@@H](C(=O)NCc1ccc(CN(C)C)o1)n1cc(-c2ccc(S)cc2)nn1. The summed E-state index contributed by atoms with van der Waals surface area (Å²) in [5.74, 6) is 1.52. The maximum atomic E-state index is 12.9. The highest BCUT2D eigenvalue weighted by molar-refractivity contribution is 7.80. The third-order valence-electron chi connectivity index (χ3n) is 4.48. The van der Waals surface area contributed by atoms with Gasteiger partial charge in [0, 0.05) is 10.5 Å². The smallest absolute Gasteiger partial charge is 0.245 e. The van der Waals surface area contributed by atoms with E-state index in [9.17, 15) is 4.79 Å². The second-order valence-electron chi connectivity index (χ2n) is 7.64. The molecule has 0 spiro atoms. The molecule has 1 aromatic carbocycles. The van der Waals surface area contributed by atoms with Gasteiger partial charge in [0.15, 0.2) is 0 Å². The Morgan fingerprint density at radius 3 is 2.52 bits per heavy atom. The van der Waals surface area contributed by atoms with Crippen molar-refractivity contribution in [1.29, 1.82) is 0 Å². The van der Waals surface area contributed by atoms with Crippen molar-refractivity contribution in [2.45, 2.75) is 37.9 Å². The molecule has 2 aromatic heterocycles. The summed E-state index contributed by atoms with van der Waals surface area (Å²) in [6.45, 7) is 5.03. The lowest BCUT2D eigenvalue weighted by molar-refractivity contribution is -0.126. The topological polar surface area (TPSA) is 76.2 Å². The first-order chi connectivity index (χ1) is 13.8. The van der Waals surface area contributed by atoms with Gasteiger partial charge in [-0.3, -0.25) is 4.79 Å². The number of carbonyl (C=O) groups excluding carboxylic acids is 1. The molecule has 0 saturated heterocycles. The summed E-state index contributed by atoms with van der Waals surface area (Å²) >= 11 is 4.30. The first-order valence-electron chi connectivity index (χ1n) is 9.54. The molecule has 0 aliphatic rings. The minimum absolute atomic E-state index is 0.0465. The fourth-order valence-electron chi connectivity index (χ4n) is 3.10. The van der Waals surface area contributed by atoms with Crippen LogP contribution in [0, 0.1) is 5.92 Å². The molecule has 0 radical (unpaired) electrons. The number of rotatable bonds is 8. The first kappa shape index (κ1) is 21.1. The van der Waals surface area contributed by atoms with Crippen LogP contribution in [0.15, 0.2) is 51.9 Å². The van der Waals surface area contributed by atoms with Crippen LogP contribution in [0.25, 0.3) is 11.3 Å². The molecule has 0 aliphatic carbocycles. The van der Waals surface area contributed by atoms with Crippen molar-refractivity contribution >= 4 is 18.5 Å². The number of benzene rings is 1. The molecule has 0 aliphatic heterocycles. The van der Waals surface area contributed by atoms with Crippen molar-refractivity contribution in [2.24, 2.45) is 5.92 Å². The number of hydrogen-bond donors (Lipinski definition) is 2. The van der Waals surface area contributed by atoms with Crippen molar-refractivity contribution in [3.63, 3.8) is 0 Å². The number of aromatic nitrogens is 3. The van der Waals surface area contributed by atoms with Crippen LogP contribution in [0.1, 0.15) is 31.4 Å². The molecule has 0 fully saturated rings. The molecule has 7 nitrogen and oxygen atoms in total. The number of nitrogens with zero attached hydrogens (tertiary/aromatic N) is 4. The Bertz CT molecular complexity index is 946. The Labute approximate surface area is 176 Å². The van der Waals surface area contributed by atoms with E-state index in [4.69, 9.17) is 4.42 Å². The summed E-state index contributed by atoms with van der Waals surface area (Å²) in [6, 6.07) is 11.0. The van der Waals surface area contributed by atoms with E-state index in [1.54, 1.807) is 10.9 Å². The molecule has 3 rings (SSSR count). The van der Waals surface area contributed by atoms with Gasteiger partial charge in [-0.25, -0.2) is 4.68 Å². The zero-order valence-electron chi connectivity index (χ0n) is 17.2. The van der Waals surface area contributed by atoms with E-state index in [1.165, 1.54) is 0 Å². The summed E-state index contributed by atoms with van der Waals surface area (Å²) in [5.41, 5.74) is 1.65. The third-order valence-corrected chi connectivity index (χ3v) is 4.78. The highest BCUT2D eigenvalue weighted by atomic mass is 32.1. The fourth-order valence-corrected chi connectivity index (χ4v) is 3.25. The summed E-state index contributed by atoms with van der Waals surface area (Å²) in [5, 5.41) is 11.4.